The average molecular weight is 500 g/mol. The quantitative estimate of drug-likeness (QED) is 0.623. The van der Waals surface area contributed by atoms with Gasteiger partial charge in [0.05, 0.1) is 11.7 Å². The van der Waals surface area contributed by atoms with Crippen molar-refractivity contribution in [1.29, 1.82) is 0 Å². The van der Waals surface area contributed by atoms with Crippen molar-refractivity contribution in [1.82, 2.24) is 25.2 Å². The molecule has 1 aromatic carbocycles. The van der Waals surface area contributed by atoms with Gasteiger partial charge < -0.3 is 15.0 Å². The van der Waals surface area contributed by atoms with E-state index in [1.54, 1.807) is 29.2 Å². The molecule has 1 N–H and O–H groups in total. The van der Waals surface area contributed by atoms with Gasteiger partial charge in [-0.1, -0.05) is 23.7 Å². The van der Waals surface area contributed by atoms with E-state index < -0.39 is 5.60 Å². The molecule has 9 heteroatoms. The van der Waals surface area contributed by atoms with Crippen LogP contribution in [0.25, 0.3) is 0 Å². The van der Waals surface area contributed by atoms with E-state index in [1.807, 2.05) is 25.5 Å². The zero-order valence-corrected chi connectivity index (χ0v) is 21.5. The number of fused-ring (bicyclic) bond motifs is 1. The van der Waals surface area contributed by atoms with Gasteiger partial charge in [-0.2, -0.15) is 0 Å². The van der Waals surface area contributed by atoms with Crippen LogP contribution in [0.4, 0.5) is 4.79 Å². The minimum absolute atomic E-state index is 0.0307. The van der Waals surface area contributed by atoms with Gasteiger partial charge in [0.25, 0.3) is 5.91 Å². The molecule has 0 radical (unpaired) electrons. The summed E-state index contributed by atoms with van der Waals surface area (Å²) in [7, 11) is 0. The number of rotatable bonds is 6. The number of halogens is 1. The van der Waals surface area contributed by atoms with E-state index in [-0.39, 0.29) is 24.0 Å². The second kappa shape index (κ2) is 9.12. The molecule has 1 aliphatic heterocycles. The minimum Gasteiger partial charge on any atom is -0.444 e. The van der Waals surface area contributed by atoms with Crippen molar-refractivity contribution >= 4 is 23.6 Å². The SMILES string of the molecule is CCC(NC(=O)c1ccc(Cl)cc1)C1[C@H]2CC(n3cc(C4CN(C(=O)OC(C)(C)C)C4)nn3)C[C@@H]12. The van der Waals surface area contributed by atoms with Gasteiger partial charge in [-0.15, -0.1) is 5.10 Å². The number of benzene rings is 1. The third kappa shape index (κ3) is 5.03. The molecule has 2 amide bonds. The highest BCUT2D eigenvalue weighted by Crippen LogP contribution is 2.62. The summed E-state index contributed by atoms with van der Waals surface area (Å²) in [6, 6.07) is 7.58. The first-order valence-electron chi connectivity index (χ1n) is 12.6. The predicted octanol–water partition coefficient (Wildman–Crippen LogP) is 4.67. The number of nitrogens with one attached hydrogen (secondary N) is 1. The van der Waals surface area contributed by atoms with E-state index in [0.29, 0.717) is 47.5 Å². The van der Waals surface area contributed by atoms with Gasteiger partial charge in [0.2, 0.25) is 0 Å². The van der Waals surface area contributed by atoms with Crippen molar-refractivity contribution in [3.05, 3.63) is 46.7 Å². The lowest BCUT2D eigenvalue weighted by Gasteiger charge is -2.38. The molecule has 5 rings (SSSR count). The van der Waals surface area contributed by atoms with E-state index in [2.05, 4.69) is 28.7 Å². The Bertz CT molecular complexity index is 1080. The number of carbonyl (C=O) groups is 2. The lowest BCUT2D eigenvalue weighted by molar-refractivity contribution is 0.00785. The average Bonchev–Trinajstić information content (AvgIpc) is 3.10. The summed E-state index contributed by atoms with van der Waals surface area (Å²) in [5.41, 5.74) is 1.11. The third-order valence-electron chi connectivity index (χ3n) is 7.67. The number of amides is 2. The van der Waals surface area contributed by atoms with Gasteiger partial charge in [-0.05, 0) is 82.1 Å². The number of aromatic nitrogens is 3. The van der Waals surface area contributed by atoms with Crippen LogP contribution in [0, 0.1) is 17.8 Å². The molecule has 35 heavy (non-hydrogen) atoms. The summed E-state index contributed by atoms with van der Waals surface area (Å²) in [6.07, 6.45) is 4.85. The highest BCUT2D eigenvalue weighted by Gasteiger charge is 2.59. The van der Waals surface area contributed by atoms with Gasteiger partial charge in [0.1, 0.15) is 5.60 Å². The zero-order valence-electron chi connectivity index (χ0n) is 20.8. The van der Waals surface area contributed by atoms with E-state index in [1.165, 1.54) is 0 Å². The maximum Gasteiger partial charge on any atom is 0.410 e. The minimum atomic E-state index is -0.484. The summed E-state index contributed by atoms with van der Waals surface area (Å²) >= 11 is 5.94. The van der Waals surface area contributed by atoms with Gasteiger partial charge in [-0.3, -0.25) is 4.79 Å². The first-order chi connectivity index (χ1) is 16.6. The fraction of sp³-hybridized carbons (Fsp3) is 0.615. The summed E-state index contributed by atoms with van der Waals surface area (Å²) in [6.45, 7) is 9.01. The lowest BCUT2D eigenvalue weighted by Crippen LogP contribution is -2.50. The first kappa shape index (κ1) is 24.1. The molecule has 2 saturated carbocycles. The number of carbonyl (C=O) groups excluding carboxylic acids is 2. The largest absolute Gasteiger partial charge is 0.444 e. The molecule has 8 nitrogen and oxygen atoms in total. The Morgan fingerprint density at radius 2 is 1.83 bits per heavy atom. The number of hydrogen-bond acceptors (Lipinski definition) is 5. The molecule has 0 spiro atoms. The molecule has 1 aromatic heterocycles. The van der Waals surface area contributed by atoms with Crippen LogP contribution in [0.1, 0.15) is 75.0 Å². The highest BCUT2D eigenvalue weighted by molar-refractivity contribution is 6.30. The molecule has 3 fully saturated rings. The second-order valence-electron chi connectivity index (χ2n) is 11.2. The maximum absolute atomic E-state index is 12.7. The summed E-state index contributed by atoms with van der Waals surface area (Å²) in [5, 5.41) is 12.7. The molecule has 188 valence electrons. The van der Waals surface area contributed by atoms with Gasteiger partial charge in [0, 0.05) is 41.8 Å². The molecule has 2 aliphatic carbocycles. The van der Waals surface area contributed by atoms with Crippen LogP contribution in [0.3, 0.4) is 0 Å². The summed E-state index contributed by atoms with van der Waals surface area (Å²) in [4.78, 5) is 26.6. The monoisotopic (exact) mass is 499 g/mol. The Morgan fingerprint density at radius 3 is 2.43 bits per heavy atom. The molecule has 0 bridgehead atoms. The topological polar surface area (TPSA) is 89.4 Å². The Hall–Kier alpha value is -2.61. The lowest BCUT2D eigenvalue weighted by atomic mass is 9.97. The molecule has 3 aliphatic rings. The molecule has 2 heterocycles. The van der Waals surface area contributed by atoms with Crippen LogP contribution in [0.2, 0.25) is 5.02 Å². The van der Waals surface area contributed by atoms with E-state index >= 15 is 0 Å². The van der Waals surface area contributed by atoms with Gasteiger partial charge >= 0.3 is 6.09 Å². The Balaban J connectivity index is 1.11. The Morgan fingerprint density at radius 1 is 1.17 bits per heavy atom. The Labute approximate surface area is 211 Å². The fourth-order valence-corrected chi connectivity index (χ4v) is 5.92. The third-order valence-corrected chi connectivity index (χ3v) is 7.92. The molecular formula is C26H34ClN5O3. The van der Waals surface area contributed by atoms with Crippen LogP contribution in [-0.2, 0) is 4.74 Å². The molecule has 2 aromatic rings. The van der Waals surface area contributed by atoms with E-state index in [9.17, 15) is 9.59 Å². The second-order valence-corrected chi connectivity index (χ2v) is 11.7. The summed E-state index contributed by atoms with van der Waals surface area (Å²) < 4.78 is 7.45. The molecule has 5 atom stereocenters. The maximum atomic E-state index is 12.7. The Kier molecular flexibility index (Phi) is 6.28. The fourth-order valence-electron chi connectivity index (χ4n) is 5.80. The van der Waals surface area contributed by atoms with E-state index in [4.69, 9.17) is 16.3 Å². The number of nitrogens with zero attached hydrogens (tertiary/aromatic N) is 4. The van der Waals surface area contributed by atoms with Crippen LogP contribution < -0.4 is 5.32 Å². The van der Waals surface area contributed by atoms with Crippen molar-refractivity contribution < 1.29 is 14.3 Å². The smallest absolute Gasteiger partial charge is 0.410 e. The molecule has 1 saturated heterocycles. The van der Waals surface area contributed by atoms with Crippen LogP contribution in [-0.4, -0.2) is 56.6 Å². The zero-order chi connectivity index (χ0) is 24.9. The van der Waals surface area contributed by atoms with E-state index in [0.717, 1.165) is 25.0 Å². The predicted molar refractivity (Wildman–Crippen MR) is 132 cm³/mol. The van der Waals surface area contributed by atoms with Crippen molar-refractivity contribution in [3.8, 4) is 0 Å². The van der Waals surface area contributed by atoms with Crippen LogP contribution in [0.5, 0.6) is 0 Å². The van der Waals surface area contributed by atoms with Crippen LogP contribution in [0.15, 0.2) is 30.5 Å². The standard InChI is InChI=1S/C26H34ClN5O3/c1-5-21(28-24(33)15-6-8-17(27)9-7-15)23-19-10-18(11-20(19)23)32-14-22(29-30-32)16-12-31(13-16)25(34)35-26(2,3)4/h6-9,14,16,18-21,23H,5,10-13H2,1-4H3,(H,28,33)/t18?,19-,20+,21?,23?. The normalized spacial score (nSPS) is 26.6. The van der Waals surface area contributed by atoms with Crippen molar-refractivity contribution in [2.45, 2.75) is 70.6 Å². The number of likely N-dealkylation sites (tertiary alicyclic amines) is 1. The molecular weight excluding hydrogens is 466 g/mol. The van der Waals surface area contributed by atoms with Gasteiger partial charge in [0.15, 0.2) is 0 Å². The van der Waals surface area contributed by atoms with Crippen LogP contribution >= 0.6 is 11.6 Å². The van der Waals surface area contributed by atoms with Crippen molar-refractivity contribution in [3.63, 3.8) is 0 Å². The highest BCUT2D eigenvalue weighted by atomic mass is 35.5. The first-order valence-corrected chi connectivity index (χ1v) is 13.0. The van der Waals surface area contributed by atoms with Crippen molar-refractivity contribution in [2.75, 3.05) is 13.1 Å². The molecule has 3 unspecified atom stereocenters. The number of ether oxygens (including phenoxy) is 1. The number of hydrogen-bond donors (Lipinski definition) is 1. The van der Waals surface area contributed by atoms with Gasteiger partial charge in [-0.25, -0.2) is 9.48 Å². The summed E-state index contributed by atoms with van der Waals surface area (Å²) in [5.74, 6) is 1.96. The van der Waals surface area contributed by atoms with Crippen molar-refractivity contribution in [2.24, 2.45) is 17.8 Å².